The summed E-state index contributed by atoms with van der Waals surface area (Å²) < 4.78 is 81.8. The van der Waals surface area contributed by atoms with E-state index in [0.29, 0.717) is 33.3 Å². The number of imide groups is 2. The molecule has 0 spiro atoms. The molecule has 6 unspecified atom stereocenters. The van der Waals surface area contributed by atoms with Gasteiger partial charge in [0.1, 0.15) is 17.1 Å². The Bertz CT molecular complexity index is 2230. The van der Waals surface area contributed by atoms with Crippen LogP contribution in [0.25, 0.3) is 0 Å². The van der Waals surface area contributed by atoms with Gasteiger partial charge >= 0.3 is 12.4 Å². The number of halogens is 8. The van der Waals surface area contributed by atoms with Crippen LogP contribution in [0.3, 0.4) is 0 Å². The van der Waals surface area contributed by atoms with Crippen molar-refractivity contribution in [3.8, 4) is 5.75 Å². The van der Waals surface area contributed by atoms with Gasteiger partial charge in [0.15, 0.2) is 11.6 Å². The summed E-state index contributed by atoms with van der Waals surface area (Å²) in [6.45, 7) is 3.72. The molecule has 1 aromatic carbocycles. The minimum absolute atomic E-state index is 0.0499. The number of rotatable bonds is 7. The molecule has 7 rings (SSSR count). The van der Waals surface area contributed by atoms with Crippen molar-refractivity contribution < 1.29 is 50.6 Å². The summed E-state index contributed by atoms with van der Waals surface area (Å²) in [6, 6.07) is 7.98. The number of nitrogens with zero attached hydrogens (tertiary/aromatic N) is 6. The van der Waals surface area contributed by atoms with Crippen LogP contribution >= 0.6 is 23.2 Å². The van der Waals surface area contributed by atoms with Crippen molar-refractivity contribution in [3.05, 3.63) is 99.3 Å². The minimum atomic E-state index is -4.89. The lowest BCUT2D eigenvalue weighted by Crippen LogP contribution is -2.46. The maximum absolute atomic E-state index is 14.5. The summed E-state index contributed by atoms with van der Waals surface area (Å²) in [5, 5.41) is 14.0. The Labute approximate surface area is 324 Å². The number of hydrogen-bond acceptors (Lipinski definition) is 9. The highest BCUT2D eigenvalue weighted by Gasteiger charge is 2.63. The number of benzene rings is 1. The van der Waals surface area contributed by atoms with Gasteiger partial charge in [-0.05, 0) is 55.0 Å². The molecule has 19 heteroatoms. The number of phenolic OH excluding ortho intramolecular Hbond substituents is 1. The van der Waals surface area contributed by atoms with E-state index in [-0.39, 0.29) is 40.6 Å². The van der Waals surface area contributed by atoms with Crippen molar-refractivity contribution in [2.45, 2.75) is 37.5 Å². The normalized spacial score (nSPS) is 24.9. The predicted molar refractivity (Wildman–Crippen MR) is 189 cm³/mol. The van der Waals surface area contributed by atoms with Crippen LogP contribution in [0.2, 0.25) is 10.0 Å². The van der Waals surface area contributed by atoms with Crippen LogP contribution < -0.4 is 10.0 Å². The maximum atomic E-state index is 14.5. The number of pyridine rings is 2. The zero-order valence-corrected chi connectivity index (χ0v) is 30.8. The number of hydrazine groups is 2. The number of carbonyl (C=O) groups is 4. The molecule has 0 bridgehead atoms. The Morgan fingerprint density at radius 1 is 0.786 bits per heavy atom. The van der Waals surface area contributed by atoms with Crippen molar-refractivity contribution in [1.29, 1.82) is 0 Å². The van der Waals surface area contributed by atoms with E-state index < -0.39 is 94.5 Å². The number of anilines is 2. The molecule has 2 aromatic heterocycles. The first kappa shape index (κ1) is 39.1. The van der Waals surface area contributed by atoms with Gasteiger partial charge in [0.05, 0.1) is 33.7 Å². The molecule has 1 saturated carbocycles. The number of allylic oxidation sites excluding steroid dienone is 3. The van der Waals surface area contributed by atoms with Crippen molar-refractivity contribution in [3.63, 3.8) is 0 Å². The molecule has 3 fully saturated rings. The van der Waals surface area contributed by atoms with Crippen molar-refractivity contribution in [1.82, 2.24) is 20.0 Å². The molecule has 11 nitrogen and oxygen atoms in total. The van der Waals surface area contributed by atoms with Crippen molar-refractivity contribution in [2.24, 2.45) is 29.6 Å². The number of para-hydroxylation sites is 1. The van der Waals surface area contributed by atoms with Crippen LogP contribution in [0.4, 0.5) is 38.0 Å². The quantitative estimate of drug-likeness (QED) is 0.152. The molecule has 2 saturated heterocycles. The fourth-order valence-corrected chi connectivity index (χ4v) is 8.95. The molecule has 4 amide bonds. The molecule has 6 atom stereocenters. The van der Waals surface area contributed by atoms with Crippen molar-refractivity contribution in [2.75, 3.05) is 24.1 Å². The lowest BCUT2D eigenvalue weighted by Gasteiger charge is -2.44. The second kappa shape index (κ2) is 13.8. The summed E-state index contributed by atoms with van der Waals surface area (Å²) in [5.41, 5.74) is -1.53. The number of aromatic nitrogens is 2. The summed E-state index contributed by atoms with van der Waals surface area (Å²) in [4.78, 5) is 64.5. The van der Waals surface area contributed by atoms with Gasteiger partial charge in [-0.2, -0.15) is 36.4 Å². The van der Waals surface area contributed by atoms with E-state index in [1.54, 1.807) is 30.4 Å². The average molecular weight is 824 g/mol. The van der Waals surface area contributed by atoms with Gasteiger partial charge in [0.2, 0.25) is 0 Å². The third-order valence-corrected chi connectivity index (χ3v) is 11.5. The fraction of sp³-hybridized carbons (Fsp3) is 0.351. The van der Waals surface area contributed by atoms with E-state index in [0.717, 1.165) is 29.2 Å². The Morgan fingerprint density at radius 3 is 1.82 bits per heavy atom. The lowest BCUT2D eigenvalue weighted by atomic mass is 9.57. The van der Waals surface area contributed by atoms with Crippen LogP contribution in [-0.4, -0.2) is 62.8 Å². The highest BCUT2D eigenvalue weighted by Crippen LogP contribution is 2.59. The highest BCUT2D eigenvalue weighted by molar-refractivity contribution is 6.33. The first-order chi connectivity index (χ1) is 26.3. The minimum Gasteiger partial charge on any atom is -0.507 e. The van der Waals surface area contributed by atoms with Crippen LogP contribution in [0.5, 0.6) is 5.75 Å². The van der Waals surface area contributed by atoms with Gasteiger partial charge < -0.3 is 5.11 Å². The molecule has 2 aliphatic carbocycles. The molecule has 2 aliphatic heterocycles. The molecule has 294 valence electrons. The second-order valence-electron chi connectivity index (χ2n) is 13.9. The molecular weight excluding hydrogens is 793 g/mol. The molecular formula is C37H30Cl2F6N6O5. The lowest BCUT2D eigenvalue weighted by molar-refractivity contribution is -0.143. The third-order valence-electron chi connectivity index (χ3n) is 10.9. The Hall–Kier alpha value is -5.16. The van der Waals surface area contributed by atoms with Crippen LogP contribution in [-0.2, 0) is 38.0 Å². The standard InChI is InChI=1S/C37H30Cl2F6N6O5/c1-4-6-16-7-5-8-18(29(16)52)26-17-9-10-19-27(34(55)50(32(19)53)48(2)30-22(38)11-13-24(46-30)36(40,41)42)20(17)15-21-28(26)35(56)51(33(21)54)49(3)31-23(39)12-14-25(47-31)37(43,44)45/h4-5,7-9,11-14,19-21,26-28,52H,1,6,10,15H2,2-3H3. The van der Waals surface area contributed by atoms with Crippen LogP contribution in [0.15, 0.2) is 66.8 Å². The number of carbonyl (C=O) groups excluding carboxylic acids is 4. The van der Waals surface area contributed by atoms with Crippen LogP contribution in [0.1, 0.15) is 41.3 Å². The molecule has 3 aromatic rings. The van der Waals surface area contributed by atoms with Gasteiger partial charge in [0, 0.05) is 25.6 Å². The number of alkyl halides is 6. The number of hydrogen-bond donors (Lipinski definition) is 1. The molecule has 56 heavy (non-hydrogen) atoms. The summed E-state index contributed by atoms with van der Waals surface area (Å²) >= 11 is 12.5. The number of aromatic hydroxyl groups is 1. The number of fused-ring (bicyclic) bond motifs is 4. The molecule has 1 N–H and O–H groups in total. The van der Waals surface area contributed by atoms with E-state index in [9.17, 15) is 50.6 Å². The number of phenols is 1. The average Bonchev–Trinajstić information content (AvgIpc) is 3.54. The van der Waals surface area contributed by atoms with Gasteiger partial charge in [-0.3, -0.25) is 29.2 Å². The van der Waals surface area contributed by atoms with Crippen molar-refractivity contribution >= 4 is 58.5 Å². The summed E-state index contributed by atoms with van der Waals surface area (Å²) in [6.07, 6.45) is -6.56. The van der Waals surface area contributed by atoms with E-state index in [4.69, 9.17) is 23.2 Å². The van der Waals surface area contributed by atoms with Gasteiger partial charge in [-0.25, -0.2) is 9.97 Å². The third kappa shape index (κ3) is 6.15. The Kier molecular flexibility index (Phi) is 9.63. The largest absolute Gasteiger partial charge is 0.507 e. The topological polar surface area (TPSA) is 127 Å². The summed E-state index contributed by atoms with van der Waals surface area (Å²) in [7, 11) is 2.32. The monoisotopic (exact) mass is 822 g/mol. The number of amides is 4. The molecule has 0 radical (unpaired) electrons. The van der Waals surface area contributed by atoms with E-state index in [1.165, 1.54) is 7.05 Å². The maximum Gasteiger partial charge on any atom is 0.433 e. The van der Waals surface area contributed by atoms with Gasteiger partial charge in [0.25, 0.3) is 23.6 Å². The molecule has 4 heterocycles. The van der Waals surface area contributed by atoms with E-state index in [1.807, 2.05) is 0 Å². The van der Waals surface area contributed by atoms with Gasteiger partial charge in [-0.1, -0.05) is 59.1 Å². The van der Waals surface area contributed by atoms with E-state index >= 15 is 0 Å². The second-order valence-corrected chi connectivity index (χ2v) is 14.7. The molecule has 4 aliphatic rings. The first-order valence-electron chi connectivity index (χ1n) is 17.1. The zero-order chi connectivity index (χ0) is 40.8. The SMILES string of the molecule is C=CCc1cccc(C2C3=CCC4C(=O)N(N(C)c5nc(C(F)(F)F)ccc5Cl)C(=O)C4C3CC3C(=O)N(N(C)c4nc(C(F)(F)F)ccc4Cl)C(=O)C32)c1O. The predicted octanol–water partition coefficient (Wildman–Crippen LogP) is 6.99. The first-order valence-corrected chi connectivity index (χ1v) is 17.8. The zero-order valence-electron chi connectivity index (χ0n) is 29.3. The summed E-state index contributed by atoms with van der Waals surface area (Å²) in [5.74, 6) is -11.2. The smallest absolute Gasteiger partial charge is 0.433 e. The fourth-order valence-electron chi connectivity index (χ4n) is 8.50. The van der Waals surface area contributed by atoms with Gasteiger partial charge in [-0.15, -0.1) is 6.58 Å². The Balaban J connectivity index is 1.31. The van der Waals surface area contributed by atoms with E-state index in [2.05, 4.69) is 16.5 Å². The Morgan fingerprint density at radius 2 is 1.30 bits per heavy atom. The van der Waals surface area contributed by atoms with Crippen LogP contribution in [0, 0.1) is 29.6 Å². The highest BCUT2D eigenvalue weighted by atomic mass is 35.5.